The van der Waals surface area contributed by atoms with Gasteiger partial charge in [-0.3, -0.25) is 4.79 Å². The second-order valence-corrected chi connectivity index (χ2v) is 7.56. The van der Waals surface area contributed by atoms with Crippen molar-refractivity contribution in [2.75, 3.05) is 0 Å². The Bertz CT molecular complexity index is 872. The van der Waals surface area contributed by atoms with Crippen LogP contribution in [0.2, 0.25) is 0 Å². The van der Waals surface area contributed by atoms with Gasteiger partial charge in [-0.05, 0) is 60.8 Å². The van der Waals surface area contributed by atoms with Gasteiger partial charge in [-0.2, -0.15) is 0 Å². The Morgan fingerprint density at radius 3 is 2.60 bits per heavy atom. The Kier molecular flexibility index (Phi) is 4.36. The van der Waals surface area contributed by atoms with Gasteiger partial charge in [0.15, 0.2) is 5.43 Å². The topological polar surface area (TPSA) is 67.5 Å². The first kappa shape index (κ1) is 16.4. The SMILES string of the molecule is O=C(O)c1cc(=O)c2cc3c(c(CC4CCCCC4)c2o1)CCCC3. The fourth-order valence-electron chi connectivity index (χ4n) is 4.61. The third-order valence-corrected chi connectivity index (χ3v) is 5.88. The summed E-state index contributed by atoms with van der Waals surface area (Å²) in [5.41, 5.74) is 3.97. The Balaban J connectivity index is 1.91. The predicted octanol–water partition coefficient (Wildman–Crippen LogP) is 4.49. The molecule has 0 amide bonds. The van der Waals surface area contributed by atoms with Crippen molar-refractivity contribution >= 4 is 16.9 Å². The van der Waals surface area contributed by atoms with Crippen molar-refractivity contribution in [1.29, 1.82) is 0 Å². The van der Waals surface area contributed by atoms with Gasteiger partial charge in [0.2, 0.25) is 5.76 Å². The van der Waals surface area contributed by atoms with Gasteiger partial charge in [0.25, 0.3) is 0 Å². The summed E-state index contributed by atoms with van der Waals surface area (Å²) in [7, 11) is 0. The minimum atomic E-state index is -1.18. The molecular formula is C21H24O4. The molecule has 2 aliphatic rings. The lowest BCUT2D eigenvalue weighted by Gasteiger charge is -2.26. The van der Waals surface area contributed by atoms with Crippen LogP contribution >= 0.6 is 0 Å². The minimum absolute atomic E-state index is 0.239. The molecule has 25 heavy (non-hydrogen) atoms. The maximum atomic E-state index is 12.5. The van der Waals surface area contributed by atoms with Crippen LogP contribution in [-0.4, -0.2) is 11.1 Å². The highest BCUT2D eigenvalue weighted by molar-refractivity contribution is 5.89. The number of hydrogen-bond donors (Lipinski definition) is 1. The summed E-state index contributed by atoms with van der Waals surface area (Å²) >= 11 is 0. The van der Waals surface area contributed by atoms with E-state index < -0.39 is 5.97 Å². The molecule has 1 saturated carbocycles. The third kappa shape index (κ3) is 3.10. The van der Waals surface area contributed by atoms with E-state index in [4.69, 9.17) is 4.42 Å². The molecule has 0 atom stereocenters. The number of aromatic carboxylic acids is 1. The molecule has 2 aromatic rings. The molecule has 132 valence electrons. The monoisotopic (exact) mass is 340 g/mol. The summed E-state index contributed by atoms with van der Waals surface area (Å²) in [6, 6.07) is 3.07. The number of rotatable bonds is 3. The first-order chi connectivity index (χ1) is 12.1. The van der Waals surface area contributed by atoms with Crippen LogP contribution in [0.4, 0.5) is 0 Å². The normalized spacial score (nSPS) is 18.2. The molecule has 1 fully saturated rings. The van der Waals surface area contributed by atoms with Gasteiger partial charge in [-0.1, -0.05) is 32.1 Å². The average molecular weight is 340 g/mol. The highest BCUT2D eigenvalue weighted by Crippen LogP contribution is 2.35. The zero-order chi connectivity index (χ0) is 17.4. The lowest BCUT2D eigenvalue weighted by molar-refractivity contribution is 0.0663. The number of fused-ring (bicyclic) bond motifs is 2. The Morgan fingerprint density at radius 2 is 1.84 bits per heavy atom. The molecule has 0 unspecified atom stereocenters. The highest BCUT2D eigenvalue weighted by Gasteiger charge is 2.24. The summed E-state index contributed by atoms with van der Waals surface area (Å²) in [6.07, 6.45) is 11.5. The van der Waals surface area contributed by atoms with Gasteiger partial charge in [0.1, 0.15) is 5.58 Å². The molecule has 4 rings (SSSR count). The van der Waals surface area contributed by atoms with Crippen molar-refractivity contribution in [3.8, 4) is 0 Å². The maximum absolute atomic E-state index is 12.5. The van der Waals surface area contributed by atoms with Crippen LogP contribution in [0.5, 0.6) is 0 Å². The Labute approximate surface area is 146 Å². The molecule has 4 heteroatoms. The maximum Gasteiger partial charge on any atom is 0.371 e. The van der Waals surface area contributed by atoms with Gasteiger partial charge < -0.3 is 9.52 Å². The second kappa shape index (κ2) is 6.66. The van der Waals surface area contributed by atoms with E-state index in [1.807, 2.05) is 6.07 Å². The Morgan fingerprint density at radius 1 is 1.08 bits per heavy atom. The van der Waals surface area contributed by atoms with Crippen molar-refractivity contribution in [3.63, 3.8) is 0 Å². The van der Waals surface area contributed by atoms with E-state index in [1.165, 1.54) is 43.2 Å². The lowest BCUT2D eigenvalue weighted by Crippen LogP contribution is -2.16. The van der Waals surface area contributed by atoms with E-state index in [0.717, 1.165) is 43.7 Å². The van der Waals surface area contributed by atoms with Crippen molar-refractivity contribution in [2.24, 2.45) is 5.92 Å². The van der Waals surface area contributed by atoms with E-state index in [1.54, 1.807) is 0 Å². The second-order valence-electron chi connectivity index (χ2n) is 7.56. The van der Waals surface area contributed by atoms with E-state index >= 15 is 0 Å². The van der Waals surface area contributed by atoms with Crippen molar-refractivity contribution in [3.05, 3.63) is 44.8 Å². The summed E-state index contributed by atoms with van der Waals surface area (Å²) in [6.45, 7) is 0. The van der Waals surface area contributed by atoms with Crippen molar-refractivity contribution in [1.82, 2.24) is 0 Å². The summed E-state index contributed by atoms with van der Waals surface area (Å²) in [4.78, 5) is 23.9. The smallest absolute Gasteiger partial charge is 0.371 e. The molecule has 0 bridgehead atoms. The fraction of sp³-hybridized carbons (Fsp3) is 0.524. The number of aryl methyl sites for hydroxylation is 1. The summed E-state index contributed by atoms with van der Waals surface area (Å²) in [5.74, 6) is -0.817. The number of hydrogen-bond acceptors (Lipinski definition) is 3. The van der Waals surface area contributed by atoms with Crippen LogP contribution in [0.3, 0.4) is 0 Å². The average Bonchev–Trinajstić information content (AvgIpc) is 2.63. The quantitative estimate of drug-likeness (QED) is 0.894. The molecular weight excluding hydrogens is 316 g/mol. The van der Waals surface area contributed by atoms with E-state index in [9.17, 15) is 14.7 Å². The molecule has 0 radical (unpaired) electrons. The predicted molar refractivity (Wildman–Crippen MR) is 96.4 cm³/mol. The van der Waals surface area contributed by atoms with Crippen LogP contribution in [0.25, 0.3) is 11.0 Å². The first-order valence-corrected chi connectivity index (χ1v) is 9.48. The first-order valence-electron chi connectivity index (χ1n) is 9.48. The van der Waals surface area contributed by atoms with Crippen LogP contribution < -0.4 is 5.43 Å². The minimum Gasteiger partial charge on any atom is -0.475 e. The molecule has 1 aromatic heterocycles. The van der Waals surface area contributed by atoms with Gasteiger partial charge in [-0.25, -0.2) is 4.79 Å². The van der Waals surface area contributed by atoms with Gasteiger partial charge in [-0.15, -0.1) is 0 Å². The zero-order valence-corrected chi connectivity index (χ0v) is 14.5. The van der Waals surface area contributed by atoms with E-state index in [0.29, 0.717) is 16.9 Å². The van der Waals surface area contributed by atoms with Crippen LogP contribution in [0.1, 0.15) is 72.2 Å². The number of carboxylic acid groups (broad SMARTS) is 1. The van der Waals surface area contributed by atoms with Crippen LogP contribution in [0, 0.1) is 5.92 Å². The fourth-order valence-corrected chi connectivity index (χ4v) is 4.61. The molecule has 0 aliphatic heterocycles. The molecule has 1 N–H and O–H groups in total. The standard InChI is InChI=1S/C21H24O4/c22-18-12-19(21(23)24)25-20-16(10-13-6-2-1-3-7-13)15-9-5-4-8-14(15)11-17(18)20/h11-13H,1-10H2,(H,23,24). The number of benzene rings is 1. The zero-order valence-electron chi connectivity index (χ0n) is 14.5. The molecule has 1 aromatic carbocycles. The molecule has 0 spiro atoms. The molecule has 2 aliphatic carbocycles. The molecule has 1 heterocycles. The van der Waals surface area contributed by atoms with Crippen molar-refractivity contribution in [2.45, 2.75) is 64.2 Å². The lowest BCUT2D eigenvalue weighted by atomic mass is 9.80. The largest absolute Gasteiger partial charge is 0.475 e. The van der Waals surface area contributed by atoms with E-state index in [2.05, 4.69) is 0 Å². The number of carboxylic acids is 1. The highest BCUT2D eigenvalue weighted by atomic mass is 16.4. The van der Waals surface area contributed by atoms with Gasteiger partial charge in [0.05, 0.1) is 5.39 Å². The Hall–Kier alpha value is -2.10. The molecule has 4 nitrogen and oxygen atoms in total. The third-order valence-electron chi connectivity index (χ3n) is 5.88. The van der Waals surface area contributed by atoms with Gasteiger partial charge >= 0.3 is 5.97 Å². The molecule has 0 saturated heterocycles. The summed E-state index contributed by atoms with van der Waals surface area (Å²) in [5, 5.41) is 9.84. The summed E-state index contributed by atoms with van der Waals surface area (Å²) < 4.78 is 5.74. The number of carbonyl (C=O) groups is 1. The van der Waals surface area contributed by atoms with Crippen LogP contribution in [0.15, 0.2) is 21.3 Å². The van der Waals surface area contributed by atoms with Gasteiger partial charge in [0, 0.05) is 6.07 Å². The van der Waals surface area contributed by atoms with Crippen molar-refractivity contribution < 1.29 is 14.3 Å². The van der Waals surface area contributed by atoms with E-state index in [-0.39, 0.29) is 11.2 Å². The van der Waals surface area contributed by atoms with Crippen LogP contribution in [-0.2, 0) is 19.3 Å².